The number of carbonyl (C=O) groups excluding carboxylic acids is 2. The second-order valence-electron chi connectivity index (χ2n) is 7.91. The van der Waals surface area contributed by atoms with Gasteiger partial charge in [0.25, 0.3) is 0 Å². The van der Waals surface area contributed by atoms with E-state index >= 15 is 0 Å². The van der Waals surface area contributed by atoms with Crippen LogP contribution in [0.3, 0.4) is 0 Å². The molecule has 4 aromatic rings. The summed E-state index contributed by atoms with van der Waals surface area (Å²) in [4.78, 5) is 32.6. The van der Waals surface area contributed by atoms with Gasteiger partial charge >= 0.3 is 0 Å². The zero-order chi connectivity index (χ0) is 22.1. The summed E-state index contributed by atoms with van der Waals surface area (Å²) in [6.07, 6.45) is 0.334. The normalized spacial score (nSPS) is 16.0. The van der Waals surface area contributed by atoms with Gasteiger partial charge in [0.05, 0.1) is 30.4 Å². The number of amides is 1. The lowest BCUT2D eigenvalue weighted by Crippen LogP contribution is -2.25. The van der Waals surface area contributed by atoms with Gasteiger partial charge in [-0.25, -0.2) is 4.98 Å². The molecule has 0 saturated carbocycles. The number of nitrogens with zero attached hydrogens (tertiary/aromatic N) is 3. The Balaban J connectivity index is 1.51. The number of hydrogen-bond acceptors (Lipinski definition) is 4. The number of ether oxygens (including phenoxy) is 1. The SMILES string of the molecule is COc1ccccc1N1C[C@H](c2nc3ccccc3n2CC(=O)c2ccccc2)CC1=O. The molecule has 6 nitrogen and oxygen atoms in total. The van der Waals surface area contributed by atoms with Crippen LogP contribution in [0.1, 0.15) is 28.5 Å². The molecule has 1 aliphatic heterocycles. The van der Waals surface area contributed by atoms with Crippen molar-refractivity contribution in [3.8, 4) is 5.75 Å². The van der Waals surface area contributed by atoms with Gasteiger partial charge in [-0.1, -0.05) is 54.6 Å². The molecule has 1 amide bonds. The fourth-order valence-corrected chi connectivity index (χ4v) is 4.40. The van der Waals surface area contributed by atoms with Gasteiger partial charge in [-0.05, 0) is 24.3 Å². The van der Waals surface area contributed by atoms with Crippen molar-refractivity contribution < 1.29 is 14.3 Å². The van der Waals surface area contributed by atoms with E-state index < -0.39 is 0 Å². The van der Waals surface area contributed by atoms with Crippen LogP contribution in [0.4, 0.5) is 5.69 Å². The number of imidazole rings is 1. The molecular weight excluding hydrogens is 402 g/mol. The predicted octanol–water partition coefficient (Wildman–Crippen LogP) is 4.45. The average molecular weight is 425 g/mol. The Labute approximate surface area is 186 Å². The Morgan fingerprint density at radius 1 is 1.00 bits per heavy atom. The monoisotopic (exact) mass is 425 g/mol. The molecule has 1 aliphatic rings. The molecule has 1 saturated heterocycles. The highest BCUT2D eigenvalue weighted by Gasteiger charge is 2.36. The van der Waals surface area contributed by atoms with Crippen molar-refractivity contribution in [2.45, 2.75) is 18.9 Å². The summed E-state index contributed by atoms with van der Waals surface area (Å²) >= 11 is 0. The van der Waals surface area contributed by atoms with E-state index in [9.17, 15) is 9.59 Å². The smallest absolute Gasteiger partial charge is 0.227 e. The third kappa shape index (κ3) is 3.54. The van der Waals surface area contributed by atoms with E-state index in [1.807, 2.05) is 83.4 Å². The average Bonchev–Trinajstić information content (AvgIpc) is 3.40. The van der Waals surface area contributed by atoms with Gasteiger partial charge in [-0.2, -0.15) is 0 Å². The largest absolute Gasteiger partial charge is 0.495 e. The van der Waals surface area contributed by atoms with Crippen molar-refractivity contribution >= 4 is 28.4 Å². The van der Waals surface area contributed by atoms with Gasteiger partial charge in [-0.15, -0.1) is 0 Å². The van der Waals surface area contributed by atoms with Gasteiger partial charge in [0.15, 0.2) is 5.78 Å². The minimum atomic E-state index is -0.122. The van der Waals surface area contributed by atoms with E-state index in [1.165, 1.54) is 0 Å². The summed E-state index contributed by atoms with van der Waals surface area (Å²) in [6.45, 7) is 0.668. The quantitative estimate of drug-likeness (QED) is 0.428. The van der Waals surface area contributed by atoms with Crippen LogP contribution in [0, 0.1) is 0 Å². The van der Waals surface area contributed by atoms with E-state index in [0.29, 0.717) is 24.3 Å². The number of Topliss-reactive ketones (excluding diaryl/α,β-unsaturated/α-hetero) is 1. The first kappa shape index (κ1) is 20.0. The summed E-state index contributed by atoms with van der Waals surface area (Å²) in [5, 5.41) is 0. The third-order valence-corrected chi connectivity index (χ3v) is 5.95. The summed E-state index contributed by atoms with van der Waals surface area (Å²) in [7, 11) is 1.60. The fourth-order valence-electron chi connectivity index (χ4n) is 4.40. The fraction of sp³-hybridized carbons (Fsp3) is 0.192. The molecule has 32 heavy (non-hydrogen) atoms. The summed E-state index contributed by atoms with van der Waals surface area (Å²) in [5.41, 5.74) is 3.14. The molecule has 1 fully saturated rings. The van der Waals surface area contributed by atoms with Crippen molar-refractivity contribution in [3.63, 3.8) is 0 Å². The minimum absolute atomic E-state index is 0.0147. The van der Waals surface area contributed by atoms with Gasteiger partial charge in [-0.3, -0.25) is 9.59 Å². The molecule has 160 valence electrons. The zero-order valence-electron chi connectivity index (χ0n) is 17.8. The number of fused-ring (bicyclic) bond motifs is 1. The van der Waals surface area contributed by atoms with Crippen LogP contribution in [-0.4, -0.2) is 34.9 Å². The Morgan fingerprint density at radius 3 is 2.53 bits per heavy atom. The number of benzene rings is 3. The Bertz CT molecular complexity index is 1300. The highest BCUT2D eigenvalue weighted by Crippen LogP contribution is 2.37. The topological polar surface area (TPSA) is 64.4 Å². The summed E-state index contributed by atoms with van der Waals surface area (Å²) < 4.78 is 7.43. The molecule has 0 aliphatic carbocycles. The number of aromatic nitrogens is 2. The first-order valence-corrected chi connectivity index (χ1v) is 10.6. The van der Waals surface area contributed by atoms with E-state index in [1.54, 1.807) is 12.0 Å². The number of anilines is 1. The molecule has 1 atom stereocenters. The van der Waals surface area contributed by atoms with Crippen LogP contribution < -0.4 is 9.64 Å². The lowest BCUT2D eigenvalue weighted by molar-refractivity contribution is -0.117. The third-order valence-electron chi connectivity index (χ3n) is 5.95. The van der Waals surface area contributed by atoms with Gasteiger partial charge < -0.3 is 14.2 Å². The zero-order valence-corrected chi connectivity index (χ0v) is 17.8. The lowest BCUT2D eigenvalue weighted by Gasteiger charge is -2.19. The standard InChI is InChI=1S/C26H23N3O3/c1-32-24-14-8-7-13-22(24)28-16-19(15-25(28)31)26-27-20-11-5-6-12-21(20)29(26)17-23(30)18-9-3-2-4-10-18/h2-14,19H,15-17H2,1H3/t19-/m1/s1. The summed E-state index contributed by atoms with van der Waals surface area (Å²) in [6, 6.07) is 24.6. The molecule has 5 rings (SSSR count). The van der Waals surface area contributed by atoms with E-state index in [4.69, 9.17) is 9.72 Å². The molecule has 0 spiro atoms. The van der Waals surface area contributed by atoms with Crippen LogP contribution in [-0.2, 0) is 11.3 Å². The Morgan fingerprint density at radius 2 is 1.72 bits per heavy atom. The van der Waals surface area contributed by atoms with Crippen LogP contribution in [0.15, 0.2) is 78.9 Å². The number of methoxy groups -OCH3 is 1. The predicted molar refractivity (Wildman–Crippen MR) is 123 cm³/mol. The number of para-hydroxylation sites is 4. The Hall–Kier alpha value is -3.93. The van der Waals surface area contributed by atoms with Crippen molar-refractivity contribution in [2.75, 3.05) is 18.6 Å². The molecular formula is C26H23N3O3. The lowest BCUT2D eigenvalue weighted by atomic mass is 10.1. The van der Waals surface area contributed by atoms with Crippen LogP contribution in [0.25, 0.3) is 11.0 Å². The highest BCUT2D eigenvalue weighted by molar-refractivity contribution is 5.98. The van der Waals surface area contributed by atoms with Crippen LogP contribution in [0.2, 0.25) is 0 Å². The maximum absolute atomic E-state index is 13.0. The number of ketones is 1. The van der Waals surface area contributed by atoms with E-state index in [-0.39, 0.29) is 24.2 Å². The molecule has 2 heterocycles. The first-order valence-electron chi connectivity index (χ1n) is 10.6. The molecule has 0 unspecified atom stereocenters. The van der Waals surface area contributed by atoms with Gasteiger partial charge in [0, 0.05) is 24.4 Å². The molecule has 0 N–H and O–H groups in total. The molecule has 1 aromatic heterocycles. The molecule has 0 radical (unpaired) electrons. The van der Waals surface area contributed by atoms with Gasteiger partial charge in [0.1, 0.15) is 11.6 Å². The van der Waals surface area contributed by atoms with Crippen molar-refractivity contribution in [1.82, 2.24) is 9.55 Å². The molecule has 6 heteroatoms. The minimum Gasteiger partial charge on any atom is -0.495 e. The Kier molecular flexibility index (Phi) is 5.19. The second kappa shape index (κ2) is 8.30. The maximum atomic E-state index is 13.0. The summed E-state index contributed by atoms with van der Waals surface area (Å²) in [5.74, 6) is 1.34. The number of rotatable bonds is 6. The van der Waals surface area contributed by atoms with E-state index in [2.05, 4.69) is 0 Å². The maximum Gasteiger partial charge on any atom is 0.227 e. The van der Waals surface area contributed by atoms with Crippen molar-refractivity contribution in [3.05, 3.63) is 90.3 Å². The van der Waals surface area contributed by atoms with Crippen molar-refractivity contribution in [1.29, 1.82) is 0 Å². The number of carbonyl (C=O) groups is 2. The van der Waals surface area contributed by atoms with Crippen LogP contribution in [0.5, 0.6) is 5.75 Å². The van der Waals surface area contributed by atoms with Crippen LogP contribution >= 0.6 is 0 Å². The van der Waals surface area contributed by atoms with Crippen molar-refractivity contribution in [2.24, 2.45) is 0 Å². The van der Waals surface area contributed by atoms with E-state index in [0.717, 1.165) is 22.5 Å². The highest BCUT2D eigenvalue weighted by atomic mass is 16.5. The second-order valence-corrected chi connectivity index (χ2v) is 7.91. The molecule has 3 aromatic carbocycles. The number of hydrogen-bond donors (Lipinski definition) is 0. The van der Waals surface area contributed by atoms with Gasteiger partial charge in [0.2, 0.25) is 5.91 Å². The first-order chi connectivity index (χ1) is 15.7. The molecule has 0 bridgehead atoms.